The van der Waals surface area contributed by atoms with Gasteiger partial charge in [-0.25, -0.2) is 9.07 Å². The summed E-state index contributed by atoms with van der Waals surface area (Å²) in [6.07, 6.45) is 1.61. The summed E-state index contributed by atoms with van der Waals surface area (Å²) in [5.74, 6) is -0.400. The van der Waals surface area contributed by atoms with Crippen LogP contribution in [-0.2, 0) is 6.54 Å². The Morgan fingerprint density at radius 3 is 3.14 bits per heavy atom. The minimum Gasteiger partial charge on any atom is -0.334 e. The average molecular weight is 303 g/mol. The van der Waals surface area contributed by atoms with Crippen LogP contribution in [0.3, 0.4) is 0 Å². The number of nitrogens with one attached hydrogen (secondary N) is 1. The van der Waals surface area contributed by atoms with Crippen LogP contribution in [0.2, 0.25) is 0 Å². The Morgan fingerprint density at radius 1 is 1.50 bits per heavy atom. The molecule has 6 nitrogen and oxygen atoms in total. The van der Waals surface area contributed by atoms with Gasteiger partial charge in [-0.1, -0.05) is 17.3 Å². The van der Waals surface area contributed by atoms with E-state index in [4.69, 9.17) is 0 Å². The van der Waals surface area contributed by atoms with Crippen LogP contribution >= 0.6 is 0 Å². The lowest BCUT2D eigenvalue weighted by molar-refractivity contribution is 0.0703. The largest absolute Gasteiger partial charge is 0.334 e. The van der Waals surface area contributed by atoms with E-state index in [-0.39, 0.29) is 17.8 Å². The van der Waals surface area contributed by atoms with Gasteiger partial charge >= 0.3 is 0 Å². The van der Waals surface area contributed by atoms with Crippen LogP contribution < -0.4 is 5.32 Å². The molecule has 7 heteroatoms. The third-order valence-corrected chi connectivity index (χ3v) is 3.65. The van der Waals surface area contributed by atoms with E-state index in [0.29, 0.717) is 25.3 Å². The number of nitrogens with zero attached hydrogens (tertiary/aromatic N) is 4. The van der Waals surface area contributed by atoms with Gasteiger partial charge in [-0.2, -0.15) is 0 Å². The minimum atomic E-state index is -0.288. The number of hydrogen-bond acceptors (Lipinski definition) is 4. The van der Waals surface area contributed by atoms with E-state index in [1.807, 2.05) is 13.0 Å². The van der Waals surface area contributed by atoms with Crippen molar-refractivity contribution in [2.75, 3.05) is 19.6 Å². The lowest BCUT2D eigenvalue weighted by Crippen LogP contribution is -2.51. The van der Waals surface area contributed by atoms with Gasteiger partial charge in [0.05, 0.1) is 12.7 Å². The molecule has 3 rings (SSSR count). The minimum absolute atomic E-state index is 0.112. The topological polar surface area (TPSA) is 63.1 Å². The van der Waals surface area contributed by atoms with E-state index in [2.05, 4.69) is 15.6 Å². The van der Waals surface area contributed by atoms with Crippen molar-refractivity contribution in [3.05, 3.63) is 47.5 Å². The molecular weight excluding hydrogens is 285 g/mol. The van der Waals surface area contributed by atoms with Crippen molar-refractivity contribution in [2.45, 2.75) is 19.5 Å². The Kier molecular flexibility index (Phi) is 4.15. The third-order valence-electron chi connectivity index (χ3n) is 3.65. The van der Waals surface area contributed by atoms with Gasteiger partial charge in [0.2, 0.25) is 0 Å². The van der Waals surface area contributed by atoms with E-state index in [0.717, 1.165) is 12.1 Å². The molecule has 1 aromatic heterocycles. The summed E-state index contributed by atoms with van der Waals surface area (Å²) in [5, 5.41) is 11.2. The summed E-state index contributed by atoms with van der Waals surface area (Å²) >= 11 is 0. The van der Waals surface area contributed by atoms with Gasteiger partial charge in [0, 0.05) is 25.7 Å². The number of aromatic nitrogens is 3. The molecule has 1 atom stereocenters. The molecule has 1 aliphatic heterocycles. The Bertz CT molecular complexity index is 671. The molecule has 0 radical (unpaired) electrons. The smallest absolute Gasteiger partial charge is 0.276 e. The summed E-state index contributed by atoms with van der Waals surface area (Å²) in [7, 11) is 0. The first-order chi connectivity index (χ1) is 10.6. The molecule has 1 amide bonds. The molecule has 2 heterocycles. The number of carbonyl (C=O) groups is 1. The SMILES string of the molecule is C[C@@H]1CN(C(=O)c2cn(Cc3cccc(F)c3)nn2)CCN1. The monoisotopic (exact) mass is 303 g/mol. The highest BCUT2D eigenvalue weighted by atomic mass is 19.1. The number of carbonyl (C=O) groups excluding carboxylic acids is 1. The molecule has 22 heavy (non-hydrogen) atoms. The Balaban J connectivity index is 1.69. The zero-order chi connectivity index (χ0) is 15.5. The van der Waals surface area contributed by atoms with Gasteiger partial charge < -0.3 is 10.2 Å². The zero-order valence-corrected chi connectivity index (χ0v) is 12.4. The third kappa shape index (κ3) is 3.30. The molecule has 116 valence electrons. The van der Waals surface area contributed by atoms with Crippen LogP contribution in [0.15, 0.2) is 30.5 Å². The van der Waals surface area contributed by atoms with Gasteiger partial charge in [-0.3, -0.25) is 4.79 Å². The summed E-state index contributed by atoms with van der Waals surface area (Å²) in [4.78, 5) is 14.2. The zero-order valence-electron chi connectivity index (χ0n) is 12.4. The highest BCUT2D eigenvalue weighted by Crippen LogP contribution is 2.08. The number of amides is 1. The second-order valence-corrected chi connectivity index (χ2v) is 5.54. The summed E-state index contributed by atoms with van der Waals surface area (Å²) in [6.45, 7) is 4.54. The van der Waals surface area contributed by atoms with Crippen LogP contribution in [0.1, 0.15) is 23.0 Å². The maximum Gasteiger partial charge on any atom is 0.276 e. The lowest BCUT2D eigenvalue weighted by Gasteiger charge is -2.31. The number of rotatable bonds is 3. The van der Waals surface area contributed by atoms with Crippen molar-refractivity contribution in [1.29, 1.82) is 0 Å². The summed E-state index contributed by atoms with van der Waals surface area (Å²) < 4.78 is 14.7. The van der Waals surface area contributed by atoms with Gasteiger partial charge in [0.25, 0.3) is 5.91 Å². The second kappa shape index (κ2) is 6.23. The fraction of sp³-hybridized carbons (Fsp3) is 0.400. The van der Waals surface area contributed by atoms with Crippen LogP contribution in [0, 0.1) is 5.82 Å². The van der Waals surface area contributed by atoms with Crippen molar-refractivity contribution in [3.63, 3.8) is 0 Å². The van der Waals surface area contributed by atoms with E-state index < -0.39 is 0 Å². The number of benzene rings is 1. The number of piperazine rings is 1. The quantitative estimate of drug-likeness (QED) is 0.915. The van der Waals surface area contributed by atoms with Gasteiger partial charge in [0.15, 0.2) is 5.69 Å². The molecule has 1 N–H and O–H groups in total. The molecule has 2 aromatic rings. The van der Waals surface area contributed by atoms with Gasteiger partial charge in [-0.05, 0) is 24.6 Å². The highest BCUT2D eigenvalue weighted by molar-refractivity contribution is 5.92. The number of halogens is 1. The van der Waals surface area contributed by atoms with Crippen LogP contribution in [0.25, 0.3) is 0 Å². The van der Waals surface area contributed by atoms with Crippen molar-refractivity contribution in [1.82, 2.24) is 25.2 Å². The standard InChI is InChI=1S/C15H18FN5O/c1-11-8-20(6-5-17-11)15(22)14-10-21(19-18-14)9-12-3-2-4-13(16)7-12/h2-4,7,10-11,17H,5-6,8-9H2,1H3/t11-/m1/s1. The molecule has 1 aliphatic rings. The molecule has 1 aromatic carbocycles. The van der Waals surface area contributed by atoms with Crippen LogP contribution in [0.4, 0.5) is 4.39 Å². The van der Waals surface area contributed by atoms with Crippen molar-refractivity contribution >= 4 is 5.91 Å². The normalized spacial score (nSPS) is 18.5. The molecular formula is C15H18FN5O. The average Bonchev–Trinajstić information content (AvgIpc) is 2.95. The van der Waals surface area contributed by atoms with Gasteiger partial charge in [0.1, 0.15) is 5.82 Å². The molecule has 0 spiro atoms. The fourth-order valence-corrected chi connectivity index (χ4v) is 2.57. The number of hydrogen-bond donors (Lipinski definition) is 1. The van der Waals surface area contributed by atoms with Crippen molar-refractivity contribution in [3.8, 4) is 0 Å². The van der Waals surface area contributed by atoms with Gasteiger partial charge in [-0.15, -0.1) is 5.10 Å². The predicted octanol–water partition coefficient (Wildman–Crippen LogP) is 0.899. The van der Waals surface area contributed by atoms with E-state index >= 15 is 0 Å². The van der Waals surface area contributed by atoms with Crippen molar-refractivity contribution in [2.24, 2.45) is 0 Å². The lowest BCUT2D eigenvalue weighted by atomic mass is 10.2. The second-order valence-electron chi connectivity index (χ2n) is 5.54. The van der Waals surface area contributed by atoms with E-state index in [1.54, 1.807) is 21.8 Å². The summed E-state index contributed by atoms with van der Waals surface area (Å²) in [6, 6.07) is 6.58. The Labute approximate surface area is 127 Å². The maximum atomic E-state index is 13.2. The van der Waals surface area contributed by atoms with Crippen LogP contribution in [-0.4, -0.2) is 51.5 Å². The first-order valence-corrected chi connectivity index (χ1v) is 7.29. The Hall–Kier alpha value is -2.28. The first-order valence-electron chi connectivity index (χ1n) is 7.29. The molecule has 0 aliphatic carbocycles. The molecule has 0 unspecified atom stereocenters. The summed E-state index contributed by atoms with van der Waals surface area (Å²) in [5.41, 5.74) is 1.10. The van der Waals surface area contributed by atoms with E-state index in [9.17, 15) is 9.18 Å². The molecule has 1 fully saturated rings. The van der Waals surface area contributed by atoms with Crippen molar-refractivity contribution < 1.29 is 9.18 Å². The molecule has 0 bridgehead atoms. The highest BCUT2D eigenvalue weighted by Gasteiger charge is 2.23. The first kappa shape index (κ1) is 14.6. The van der Waals surface area contributed by atoms with Crippen LogP contribution in [0.5, 0.6) is 0 Å². The maximum absolute atomic E-state index is 13.2. The Morgan fingerprint density at radius 2 is 2.36 bits per heavy atom. The van der Waals surface area contributed by atoms with E-state index in [1.165, 1.54) is 12.1 Å². The predicted molar refractivity (Wildman–Crippen MR) is 78.9 cm³/mol. The molecule has 1 saturated heterocycles. The fourth-order valence-electron chi connectivity index (χ4n) is 2.57. The molecule has 0 saturated carbocycles.